The fourth-order valence-electron chi connectivity index (χ4n) is 2.92. The molecule has 3 rings (SSSR count). The molecule has 1 aromatic rings. The number of nitrogens with one attached hydrogen (secondary N) is 1. The minimum atomic E-state index is -1.06. The summed E-state index contributed by atoms with van der Waals surface area (Å²) >= 11 is 1.01. The van der Waals surface area contributed by atoms with E-state index < -0.39 is 17.1 Å². The Bertz CT molecular complexity index is 778. The molecule has 1 atom stereocenters. The minimum Gasteiger partial charge on any atom is -0.481 e. The fraction of sp³-hybridized carbons (Fsp3) is 0.444. The number of thioether (sulfide) groups is 1. The first-order valence-electron chi connectivity index (χ1n) is 8.71. The number of aliphatic carboxylic acids is 1. The topological polar surface area (TPSA) is 100 Å². The largest absolute Gasteiger partial charge is 0.481 e. The highest BCUT2D eigenvalue weighted by Gasteiger charge is 2.32. The number of nitrogens with zero attached hydrogens (tertiary/aromatic N) is 2. The van der Waals surface area contributed by atoms with Gasteiger partial charge in [0, 0.05) is 5.56 Å². The number of carbonyl (C=O) groups is 2. The second kappa shape index (κ2) is 9.09. The van der Waals surface area contributed by atoms with Crippen molar-refractivity contribution in [2.45, 2.75) is 50.1 Å². The molecule has 1 saturated carbocycles. The van der Waals surface area contributed by atoms with E-state index in [1.165, 1.54) is 25.1 Å². The van der Waals surface area contributed by atoms with Crippen LogP contribution in [0.4, 0.5) is 4.39 Å². The van der Waals surface area contributed by atoms with Crippen LogP contribution in [0.3, 0.4) is 0 Å². The molecule has 0 spiro atoms. The number of benzene rings is 1. The first-order valence-corrected chi connectivity index (χ1v) is 9.59. The summed E-state index contributed by atoms with van der Waals surface area (Å²) in [6, 6.07) is 4.73. The van der Waals surface area contributed by atoms with E-state index in [4.69, 9.17) is 9.84 Å². The van der Waals surface area contributed by atoms with Crippen molar-refractivity contribution in [3.63, 3.8) is 0 Å². The van der Waals surface area contributed by atoms with Crippen molar-refractivity contribution in [1.29, 1.82) is 0 Å². The number of hydrogen-bond acceptors (Lipinski definition) is 6. The van der Waals surface area contributed by atoms with Gasteiger partial charge in [-0.1, -0.05) is 36.7 Å². The first kappa shape index (κ1) is 19.5. The van der Waals surface area contributed by atoms with Gasteiger partial charge >= 0.3 is 5.97 Å². The summed E-state index contributed by atoms with van der Waals surface area (Å²) in [6.07, 6.45) is 5.72. The molecule has 0 aromatic heterocycles. The predicted octanol–water partition coefficient (Wildman–Crippen LogP) is 2.68. The summed E-state index contributed by atoms with van der Waals surface area (Å²) in [5.41, 5.74) is 1.03. The van der Waals surface area contributed by atoms with Crippen molar-refractivity contribution in [2.75, 3.05) is 0 Å². The third kappa shape index (κ3) is 5.61. The third-order valence-corrected chi connectivity index (χ3v) is 5.42. The molecule has 7 nitrogen and oxygen atoms in total. The van der Waals surface area contributed by atoms with Crippen LogP contribution < -0.4 is 5.32 Å². The Labute approximate surface area is 160 Å². The molecule has 2 fully saturated rings. The zero-order valence-corrected chi connectivity index (χ0v) is 15.4. The number of hydrogen-bond donors (Lipinski definition) is 2. The van der Waals surface area contributed by atoms with Crippen LogP contribution in [0.2, 0.25) is 0 Å². The number of halogens is 1. The lowest BCUT2D eigenvalue weighted by atomic mass is 10.1. The number of carboxylic acids is 1. The number of amides is 1. The molecule has 1 amide bonds. The van der Waals surface area contributed by atoms with E-state index in [1.54, 1.807) is 12.1 Å². The van der Waals surface area contributed by atoms with E-state index >= 15 is 0 Å². The summed E-state index contributed by atoms with van der Waals surface area (Å²) in [5, 5.41) is 18.4. The Hall–Kier alpha value is -2.26. The van der Waals surface area contributed by atoms with Crippen LogP contribution in [0.1, 0.15) is 43.2 Å². The number of ether oxygens (including phenoxy) is 1. The molecule has 2 N–H and O–H groups in total. The van der Waals surface area contributed by atoms with E-state index in [2.05, 4.69) is 15.5 Å². The monoisotopic (exact) mass is 393 g/mol. The smallest absolute Gasteiger partial charge is 0.305 e. The molecule has 2 aliphatic rings. The lowest BCUT2D eigenvalue weighted by Crippen LogP contribution is -2.26. The fourth-order valence-corrected chi connectivity index (χ4v) is 3.83. The van der Waals surface area contributed by atoms with E-state index in [9.17, 15) is 14.0 Å². The van der Waals surface area contributed by atoms with Crippen LogP contribution >= 0.6 is 11.8 Å². The Morgan fingerprint density at radius 3 is 2.89 bits per heavy atom. The van der Waals surface area contributed by atoms with Crippen molar-refractivity contribution in [3.8, 4) is 0 Å². The highest BCUT2D eigenvalue weighted by Crippen LogP contribution is 2.23. The second-order valence-corrected chi connectivity index (χ2v) is 7.60. The molecule has 1 unspecified atom stereocenters. The summed E-state index contributed by atoms with van der Waals surface area (Å²) in [6.45, 7) is 0.254. The lowest BCUT2D eigenvalue weighted by Gasteiger charge is -2.11. The number of carbonyl (C=O) groups excluding carboxylic acids is 1. The zero-order chi connectivity index (χ0) is 19.2. The summed E-state index contributed by atoms with van der Waals surface area (Å²) in [4.78, 5) is 22.3. The molecule has 27 heavy (non-hydrogen) atoms. The van der Waals surface area contributed by atoms with Gasteiger partial charge in [-0.05, 0) is 24.5 Å². The number of amidine groups is 1. The standard InChI is InChI=1S/C18H20FN3O4S/c19-14-7-11(5-6-12(14)10-26-13-3-1-2-4-13)9-20-22-18-21-17(25)15(27-18)8-16(23)24/h5-7,9,13,15H,1-4,8,10H2,(H,23,24)(H,21,22,25). The SMILES string of the molecule is O=C(O)CC1SC(=NN=Cc2ccc(COC3CCCC3)c(F)c2)NC1=O. The van der Waals surface area contributed by atoms with Crippen molar-refractivity contribution < 1.29 is 23.8 Å². The molecule has 1 aromatic carbocycles. The number of rotatable bonds is 7. The van der Waals surface area contributed by atoms with Gasteiger partial charge in [0.2, 0.25) is 5.91 Å². The Morgan fingerprint density at radius 1 is 1.41 bits per heavy atom. The molecular formula is C18H20FN3O4S. The van der Waals surface area contributed by atoms with Crippen LogP contribution in [-0.2, 0) is 20.9 Å². The maximum Gasteiger partial charge on any atom is 0.305 e. The van der Waals surface area contributed by atoms with Crippen molar-refractivity contribution in [2.24, 2.45) is 10.2 Å². The normalized spacial score (nSPS) is 22.0. The summed E-state index contributed by atoms with van der Waals surface area (Å²) < 4.78 is 19.9. The summed E-state index contributed by atoms with van der Waals surface area (Å²) in [7, 11) is 0. The zero-order valence-electron chi connectivity index (χ0n) is 14.6. The van der Waals surface area contributed by atoms with Gasteiger partial charge in [0.05, 0.1) is 25.3 Å². The number of carboxylic acid groups (broad SMARTS) is 1. The summed E-state index contributed by atoms with van der Waals surface area (Å²) in [5.74, 6) is -1.83. The molecule has 0 bridgehead atoms. The molecule has 0 radical (unpaired) electrons. The van der Waals surface area contributed by atoms with Crippen molar-refractivity contribution in [3.05, 3.63) is 35.1 Å². The molecule has 144 valence electrons. The van der Waals surface area contributed by atoms with Crippen LogP contribution in [-0.4, -0.2) is 39.7 Å². The maximum absolute atomic E-state index is 14.2. The average Bonchev–Trinajstić information content (AvgIpc) is 3.24. The molecule has 1 aliphatic carbocycles. The van der Waals surface area contributed by atoms with Gasteiger partial charge in [-0.25, -0.2) is 4.39 Å². The maximum atomic E-state index is 14.2. The Kier molecular flexibility index (Phi) is 6.57. The molecule has 9 heteroatoms. The lowest BCUT2D eigenvalue weighted by molar-refractivity contribution is -0.138. The van der Waals surface area contributed by atoms with Crippen LogP contribution in [0.25, 0.3) is 0 Å². The predicted molar refractivity (Wildman–Crippen MR) is 100 cm³/mol. The van der Waals surface area contributed by atoms with Crippen molar-refractivity contribution >= 4 is 35.0 Å². The second-order valence-electron chi connectivity index (χ2n) is 6.41. The highest BCUT2D eigenvalue weighted by atomic mass is 32.2. The molecular weight excluding hydrogens is 373 g/mol. The van der Waals surface area contributed by atoms with Crippen LogP contribution in [0.5, 0.6) is 0 Å². The van der Waals surface area contributed by atoms with Gasteiger partial charge < -0.3 is 15.2 Å². The Balaban J connectivity index is 1.55. The van der Waals surface area contributed by atoms with E-state index in [0.717, 1.165) is 24.6 Å². The quantitative estimate of drug-likeness (QED) is 0.548. The average molecular weight is 393 g/mol. The van der Waals surface area contributed by atoms with Crippen molar-refractivity contribution in [1.82, 2.24) is 5.32 Å². The Morgan fingerprint density at radius 2 is 2.19 bits per heavy atom. The van der Waals surface area contributed by atoms with Gasteiger partial charge in [0.25, 0.3) is 0 Å². The third-order valence-electron chi connectivity index (χ3n) is 4.35. The van der Waals surface area contributed by atoms with Gasteiger partial charge in [0.1, 0.15) is 11.1 Å². The van der Waals surface area contributed by atoms with Gasteiger partial charge in [-0.15, -0.1) is 5.10 Å². The van der Waals surface area contributed by atoms with Gasteiger partial charge in [-0.2, -0.15) is 5.10 Å². The van der Waals surface area contributed by atoms with Gasteiger partial charge in [0.15, 0.2) is 5.17 Å². The van der Waals surface area contributed by atoms with Gasteiger partial charge in [-0.3, -0.25) is 9.59 Å². The first-order chi connectivity index (χ1) is 13.0. The molecule has 1 heterocycles. The molecule has 1 saturated heterocycles. The van der Waals surface area contributed by atoms with Crippen LogP contribution in [0, 0.1) is 5.82 Å². The van der Waals surface area contributed by atoms with E-state index in [1.807, 2.05) is 0 Å². The van der Waals surface area contributed by atoms with Crippen LogP contribution in [0.15, 0.2) is 28.4 Å². The van der Waals surface area contributed by atoms with E-state index in [0.29, 0.717) is 11.1 Å². The molecule has 1 aliphatic heterocycles. The van der Waals surface area contributed by atoms with E-state index in [-0.39, 0.29) is 30.1 Å². The minimum absolute atomic E-state index is 0.226. The highest BCUT2D eigenvalue weighted by molar-refractivity contribution is 8.15.